The summed E-state index contributed by atoms with van der Waals surface area (Å²) in [5.74, 6) is 0. The van der Waals surface area contributed by atoms with Crippen molar-refractivity contribution < 1.29 is 26.6 Å². The molecular formula is C17H30O6Si3. The Balaban J connectivity index is 3.37. The lowest BCUT2D eigenvalue weighted by atomic mass is 10.4. The smallest absolute Gasteiger partial charge is 0.374 e. The van der Waals surface area contributed by atoms with Crippen molar-refractivity contribution in [1.29, 1.82) is 0 Å². The molecule has 0 spiro atoms. The van der Waals surface area contributed by atoms with Crippen molar-refractivity contribution in [3.8, 4) is 0 Å². The van der Waals surface area contributed by atoms with Gasteiger partial charge in [-0.1, -0.05) is 53.5 Å². The summed E-state index contributed by atoms with van der Waals surface area (Å²) >= 11 is 0. The molecule has 0 saturated carbocycles. The first kappa shape index (κ1) is 23.2. The van der Waals surface area contributed by atoms with Gasteiger partial charge in [0, 0.05) is 42.7 Å². The molecule has 0 aliphatic carbocycles. The first-order valence-electron chi connectivity index (χ1n) is 8.16. The second-order valence-electron chi connectivity index (χ2n) is 5.75. The van der Waals surface area contributed by atoms with Crippen LogP contribution in [0.2, 0.25) is 6.55 Å². The number of hydrogen-bond acceptors (Lipinski definition) is 6. The van der Waals surface area contributed by atoms with Gasteiger partial charge in [-0.05, 0) is 11.4 Å². The molecule has 0 amide bonds. The van der Waals surface area contributed by atoms with Crippen LogP contribution in [0.4, 0.5) is 0 Å². The lowest BCUT2D eigenvalue weighted by molar-refractivity contribution is 0.138. The lowest BCUT2D eigenvalue weighted by Crippen LogP contribution is -2.47. The van der Waals surface area contributed by atoms with Crippen LogP contribution in [0.5, 0.6) is 0 Å². The van der Waals surface area contributed by atoms with E-state index in [9.17, 15) is 0 Å². The standard InChI is InChI=1S/C17H30O6Si3/c1-18-25(19-2,20-3)15-13-24(7,17-11-9-8-10-12-17)14-16-26(21-4,22-5)23-6/h8-16H,1-7H3. The third-order valence-electron chi connectivity index (χ3n) is 4.37. The minimum atomic E-state index is -2.82. The average molecular weight is 415 g/mol. The van der Waals surface area contributed by atoms with E-state index in [2.05, 4.69) is 30.1 Å². The Hall–Kier alpha value is -0.889. The lowest BCUT2D eigenvalue weighted by Gasteiger charge is -2.26. The summed E-state index contributed by atoms with van der Waals surface area (Å²) in [6.07, 6.45) is 0. The van der Waals surface area contributed by atoms with Crippen molar-refractivity contribution in [2.24, 2.45) is 0 Å². The zero-order chi connectivity index (χ0) is 19.7. The molecule has 9 heteroatoms. The molecule has 0 unspecified atom stereocenters. The molecule has 26 heavy (non-hydrogen) atoms. The van der Waals surface area contributed by atoms with Crippen LogP contribution in [-0.2, 0) is 26.6 Å². The highest BCUT2D eigenvalue weighted by atomic mass is 28.4. The van der Waals surface area contributed by atoms with Crippen LogP contribution in [0.15, 0.2) is 53.1 Å². The zero-order valence-electron chi connectivity index (χ0n) is 16.6. The van der Waals surface area contributed by atoms with Crippen LogP contribution in [-0.4, -0.2) is 68.3 Å². The third-order valence-corrected chi connectivity index (χ3v) is 12.9. The Morgan fingerprint density at radius 1 is 0.577 bits per heavy atom. The number of benzene rings is 1. The zero-order valence-corrected chi connectivity index (χ0v) is 19.6. The van der Waals surface area contributed by atoms with E-state index in [4.69, 9.17) is 26.6 Å². The van der Waals surface area contributed by atoms with Crippen LogP contribution >= 0.6 is 0 Å². The van der Waals surface area contributed by atoms with Gasteiger partial charge in [0.15, 0.2) is 0 Å². The molecule has 0 aromatic heterocycles. The Labute approximate surface area is 160 Å². The first-order valence-corrected chi connectivity index (χ1v) is 14.4. The maximum atomic E-state index is 5.52. The van der Waals surface area contributed by atoms with E-state index in [1.54, 1.807) is 42.7 Å². The van der Waals surface area contributed by atoms with Gasteiger partial charge in [0.1, 0.15) is 8.07 Å². The van der Waals surface area contributed by atoms with Gasteiger partial charge in [-0.2, -0.15) is 0 Å². The van der Waals surface area contributed by atoms with Crippen LogP contribution in [0.3, 0.4) is 0 Å². The van der Waals surface area contributed by atoms with Gasteiger partial charge < -0.3 is 26.6 Å². The van der Waals surface area contributed by atoms with E-state index in [0.717, 1.165) is 0 Å². The molecule has 0 bridgehead atoms. The molecule has 0 heterocycles. The summed E-state index contributed by atoms with van der Waals surface area (Å²) in [7, 11) is 1.72. The topological polar surface area (TPSA) is 55.4 Å². The molecule has 0 aliphatic rings. The maximum Gasteiger partial charge on any atom is 0.528 e. The molecule has 146 valence electrons. The molecule has 1 aromatic carbocycles. The summed E-state index contributed by atoms with van der Waals surface area (Å²) in [5.41, 5.74) is 8.18. The molecule has 1 rings (SSSR count). The fraction of sp³-hybridized carbons (Fsp3) is 0.412. The fourth-order valence-corrected chi connectivity index (χ4v) is 10.1. The number of hydrogen-bond donors (Lipinski definition) is 0. The van der Waals surface area contributed by atoms with Gasteiger partial charge in [0.2, 0.25) is 0 Å². The third kappa shape index (κ3) is 5.55. The van der Waals surface area contributed by atoms with Gasteiger partial charge in [-0.3, -0.25) is 0 Å². The van der Waals surface area contributed by atoms with Crippen LogP contribution in [0, 0.1) is 0 Å². The Kier molecular flexibility index (Phi) is 9.30. The monoisotopic (exact) mass is 414 g/mol. The van der Waals surface area contributed by atoms with Crippen molar-refractivity contribution in [1.82, 2.24) is 0 Å². The van der Waals surface area contributed by atoms with Gasteiger partial charge in [0.05, 0.1) is 0 Å². The molecule has 0 atom stereocenters. The summed E-state index contributed by atoms with van der Waals surface area (Å²) in [6, 6.07) is 10.3. The summed E-state index contributed by atoms with van der Waals surface area (Å²) in [5, 5.41) is 1.23. The Morgan fingerprint density at radius 3 is 1.23 bits per heavy atom. The van der Waals surface area contributed by atoms with Crippen molar-refractivity contribution in [2.45, 2.75) is 6.55 Å². The van der Waals surface area contributed by atoms with Gasteiger partial charge in [-0.25, -0.2) is 0 Å². The molecule has 6 nitrogen and oxygen atoms in total. The van der Waals surface area contributed by atoms with Gasteiger partial charge in [0.25, 0.3) is 0 Å². The summed E-state index contributed by atoms with van der Waals surface area (Å²) < 4.78 is 33.1. The van der Waals surface area contributed by atoms with Gasteiger partial charge in [-0.15, -0.1) is 0 Å². The van der Waals surface area contributed by atoms with Crippen LogP contribution < -0.4 is 5.19 Å². The van der Waals surface area contributed by atoms with E-state index in [1.165, 1.54) is 5.19 Å². The molecule has 0 radical (unpaired) electrons. The molecule has 0 N–H and O–H groups in total. The minimum absolute atomic E-state index is 1.23. The molecule has 0 aliphatic heterocycles. The summed E-state index contributed by atoms with van der Waals surface area (Å²) in [4.78, 5) is 0. The highest BCUT2D eigenvalue weighted by Gasteiger charge is 2.39. The Bertz CT molecular complexity index is 539. The van der Waals surface area contributed by atoms with Gasteiger partial charge >= 0.3 is 17.6 Å². The van der Waals surface area contributed by atoms with E-state index < -0.39 is 25.7 Å². The highest BCUT2D eigenvalue weighted by molar-refractivity contribution is 7.00. The molecular weight excluding hydrogens is 384 g/mol. The van der Waals surface area contributed by atoms with E-state index in [0.29, 0.717) is 0 Å². The van der Waals surface area contributed by atoms with Crippen molar-refractivity contribution in [2.75, 3.05) is 42.7 Å². The molecule has 0 fully saturated rings. The first-order chi connectivity index (χ1) is 12.4. The predicted molar refractivity (Wildman–Crippen MR) is 110 cm³/mol. The van der Waals surface area contributed by atoms with Crippen LogP contribution in [0.1, 0.15) is 0 Å². The van der Waals surface area contributed by atoms with Crippen molar-refractivity contribution in [3.05, 3.63) is 53.1 Å². The average Bonchev–Trinajstić information content (AvgIpc) is 2.71. The minimum Gasteiger partial charge on any atom is -0.374 e. The van der Waals surface area contributed by atoms with Crippen molar-refractivity contribution in [3.63, 3.8) is 0 Å². The fourth-order valence-electron chi connectivity index (χ4n) is 2.50. The van der Waals surface area contributed by atoms with Crippen LogP contribution in [0.25, 0.3) is 0 Å². The second-order valence-corrected chi connectivity index (χ2v) is 15.1. The Morgan fingerprint density at radius 2 is 0.923 bits per heavy atom. The largest absolute Gasteiger partial charge is 0.528 e. The van der Waals surface area contributed by atoms with Crippen molar-refractivity contribution >= 4 is 30.9 Å². The maximum absolute atomic E-state index is 5.52. The molecule has 1 aromatic rings. The van der Waals surface area contributed by atoms with E-state index >= 15 is 0 Å². The van der Waals surface area contributed by atoms with E-state index in [1.807, 2.05) is 29.6 Å². The number of rotatable bonds is 11. The highest BCUT2D eigenvalue weighted by Crippen LogP contribution is 2.16. The summed E-state index contributed by atoms with van der Waals surface area (Å²) in [6.45, 7) is 2.22. The predicted octanol–water partition coefficient (Wildman–Crippen LogP) is 2.00. The van der Waals surface area contributed by atoms with E-state index in [-0.39, 0.29) is 0 Å². The SMILES string of the molecule is CO[Si](C=C[Si](C)(C=C[Si](OC)(OC)OC)c1ccccc1)(OC)OC. The normalized spacial score (nSPS) is 15.7. The second kappa shape index (κ2) is 10.4. The molecule has 0 saturated heterocycles. The quantitative estimate of drug-likeness (QED) is 0.516.